The zero-order chi connectivity index (χ0) is 75.1. The van der Waals surface area contributed by atoms with Gasteiger partial charge in [-0.2, -0.15) is 30.8 Å². The third kappa shape index (κ3) is 19.5. The lowest BCUT2D eigenvalue weighted by Crippen LogP contribution is -2.29. The number of aliphatic hydroxyl groups is 3. The number of benzene rings is 8. The van der Waals surface area contributed by atoms with Gasteiger partial charge in [0.1, 0.15) is 69.7 Å². The molecule has 0 unspecified atom stereocenters. The Labute approximate surface area is 604 Å². The zero-order valence-corrected chi connectivity index (χ0v) is 59.6. The van der Waals surface area contributed by atoms with Crippen LogP contribution in [0.3, 0.4) is 0 Å². The van der Waals surface area contributed by atoms with Gasteiger partial charge in [0.05, 0.1) is 103 Å². The number of amides is 3. The number of aryl methyl sites for hydroxylation is 2. The molecule has 0 fully saturated rings. The number of carbonyl (C=O) groups is 2. The third-order valence-corrected chi connectivity index (χ3v) is 16.3. The Balaban J connectivity index is 0.000000158. The molecule has 23 nitrogen and oxygen atoms in total. The second kappa shape index (κ2) is 33.8. The van der Waals surface area contributed by atoms with Crippen molar-refractivity contribution < 1.29 is 52.3 Å². The monoisotopic (exact) mass is 1430 g/mol. The minimum absolute atomic E-state index is 0.0101. The van der Waals surface area contributed by atoms with Gasteiger partial charge in [-0.05, 0) is 147 Å². The molecule has 3 amide bonds. The molecule has 542 valence electrons. The fourth-order valence-electron chi connectivity index (χ4n) is 10.8. The van der Waals surface area contributed by atoms with Crippen molar-refractivity contribution in [2.24, 2.45) is 5.73 Å². The first-order chi connectivity index (χ1) is 50.3. The van der Waals surface area contributed by atoms with Crippen LogP contribution in [0.15, 0.2) is 188 Å². The van der Waals surface area contributed by atoms with Crippen LogP contribution >= 0.6 is 0 Å². The Morgan fingerprint density at radius 1 is 0.505 bits per heavy atom. The van der Waals surface area contributed by atoms with Gasteiger partial charge in [-0.15, -0.1) is 0 Å². The number of halogens is 3. The average Bonchev–Trinajstić information content (AvgIpc) is 1.70. The van der Waals surface area contributed by atoms with Crippen molar-refractivity contribution in [3.05, 3.63) is 245 Å². The first-order valence-electron chi connectivity index (χ1n) is 33.7. The van der Waals surface area contributed by atoms with Crippen molar-refractivity contribution in [1.29, 1.82) is 5.26 Å². The highest BCUT2D eigenvalue weighted by molar-refractivity contribution is 5.89. The molecule has 0 saturated heterocycles. The molecule has 0 atom stereocenters. The number of fused-ring (bicyclic) bond motifs is 3. The van der Waals surface area contributed by atoms with E-state index in [0.717, 1.165) is 67.1 Å². The van der Waals surface area contributed by atoms with E-state index in [1.165, 1.54) is 55.0 Å². The molecule has 0 bridgehead atoms. The molecule has 0 aliphatic heterocycles. The number of nitriles is 1. The lowest BCUT2D eigenvalue weighted by atomic mass is 9.92. The van der Waals surface area contributed by atoms with E-state index in [-0.39, 0.29) is 61.0 Å². The largest absolute Gasteiger partial charge is 0.457 e. The van der Waals surface area contributed by atoms with Crippen LogP contribution < -0.4 is 35.9 Å². The summed E-state index contributed by atoms with van der Waals surface area (Å²) in [5.41, 5.74) is 15.0. The summed E-state index contributed by atoms with van der Waals surface area (Å²) in [5, 5.41) is 69.4. The second-order valence-corrected chi connectivity index (χ2v) is 26.5. The SMILES string of the molecule is CC(=O)Nc1cc(C(C)(C)C)nn1-c1ccc(C)cc1.Cc1ccc(-n2nc(C(C)(C)C)cc2NC(=O)NCc2cc(F)ccc2Oc2ccc3c(cnn3CCO)c2)cc1.N#Cc1cc(F)ccc1Oc1ccc2c(cnn2CCO)c1.NCc1cc(F)ccc1Oc1ccc2c(cnn2CCO)c1. The Bertz CT molecular complexity index is 5220. The van der Waals surface area contributed by atoms with Crippen LogP contribution in [0.5, 0.6) is 34.5 Å². The standard InChI is InChI=1S/C31H33FN6O3.C16H16FN3O2.C16H12FN3O2.C16H21N3O/c1-20-5-8-24(9-6-20)38-29(17-28(36-38)31(2,3)4)35-30(40)33-18-22-15-23(32)7-12-27(22)41-25-10-11-26-21(16-25)19-34-37(26)13-14-39;2*17-13-1-4-16(11(7-13)9-18)22-14-2-3-15-12(8-14)10-19-20(15)5-6-21;1-11-6-8-13(9-7-11)19-15(17-12(2)20)10-14(18-19)16(3,4)5/h5-12,15-17,19,39H,13-14,18H2,1-4H3,(H2,33,35,40);1-4,7-8,10,21H,5-6,9,18H2;1-4,7-8,10,21H,5-6H2;6-10H,1-5H3,(H,17,20). The van der Waals surface area contributed by atoms with Crippen LogP contribution in [0.4, 0.5) is 29.6 Å². The van der Waals surface area contributed by atoms with Gasteiger partial charge in [-0.3, -0.25) is 24.2 Å². The van der Waals surface area contributed by atoms with Gasteiger partial charge >= 0.3 is 6.03 Å². The molecule has 0 spiro atoms. The maximum absolute atomic E-state index is 14.2. The number of anilines is 2. The fourth-order valence-corrected chi connectivity index (χ4v) is 10.8. The Hall–Kier alpha value is -12.2. The van der Waals surface area contributed by atoms with Crippen LogP contribution in [-0.2, 0) is 48.3 Å². The number of ether oxygens (including phenoxy) is 3. The summed E-state index contributed by atoms with van der Waals surface area (Å²) in [5.74, 6) is 2.78. The lowest BCUT2D eigenvalue weighted by molar-refractivity contribution is -0.114. The summed E-state index contributed by atoms with van der Waals surface area (Å²) in [6.07, 6.45) is 5.09. The Kier molecular flexibility index (Phi) is 24.3. The van der Waals surface area contributed by atoms with E-state index in [4.69, 9.17) is 40.5 Å². The highest BCUT2D eigenvalue weighted by Gasteiger charge is 2.24. The molecule has 13 rings (SSSR count). The van der Waals surface area contributed by atoms with E-state index in [9.17, 15) is 27.9 Å². The number of rotatable bonds is 19. The molecule has 8 aromatic carbocycles. The summed E-state index contributed by atoms with van der Waals surface area (Å²) in [7, 11) is 0. The minimum Gasteiger partial charge on any atom is -0.457 e. The smallest absolute Gasteiger partial charge is 0.320 e. The van der Waals surface area contributed by atoms with Crippen LogP contribution in [-0.4, -0.2) is 96.0 Å². The maximum atomic E-state index is 14.2. The van der Waals surface area contributed by atoms with Gasteiger partial charge < -0.3 is 45.9 Å². The third-order valence-electron chi connectivity index (χ3n) is 16.3. The van der Waals surface area contributed by atoms with Crippen LogP contribution in [0.2, 0.25) is 0 Å². The minimum atomic E-state index is -0.482. The van der Waals surface area contributed by atoms with Crippen molar-refractivity contribution in [3.63, 3.8) is 0 Å². The lowest BCUT2D eigenvalue weighted by Gasteiger charge is -2.14. The predicted octanol–water partition coefficient (Wildman–Crippen LogP) is 14.8. The van der Waals surface area contributed by atoms with Gasteiger partial charge in [0, 0.05) is 70.3 Å². The maximum Gasteiger partial charge on any atom is 0.320 e. The quantitative estimate of drug-likeness (QED) is 0.0396. The van der Waals surface area contributed by atoms with Crippen molar-refractivity contribution in [2.45, 2.75) is 106 Å². The molecular weight excluding hydrogens is 1340 g/mol. The van der Waals surface area contributed by atoms with Gasteiger partial charge in [-0.1, -0.05) is 76.9 Å². The number of nitrogens with zero attached hydrogens (tertiary/aromatic N) is 11. The van der Waals surface area contributed by atoms with Gasteiger partial charge in [0.2, 0.25) is 5.91 Å². The van der Waals surface area contributed by atoms with Gasteiger partial charge in [0.25, 0.3) is 0 Å². The molecule has 5 aromatic heterocycles. The summed E-state index contributed by atoms with van der Waals surface area (Å²) in [6.45, 7) is 19.6. The molecule has 0 aliphatic rings. The van der Waals surface area contributed by atoms with Crippen LogP contribution in [0.25, 0.3) is 44.1 Å². The molecule has 5 heterocycles. The first kappa shape index (κ1) is 75.5. The van der Waals surface area contributed by atoms with Crippen LogP contribution in [0, 0.1) is 42.6 Å². The molecule has 0 aliphatic carbocycles. The highest BCUT2D eigenvalue weighted by atomic mass is 19.1. The second-order valence-electron chi connectivity index (χ2n) is 26.5. The molecule has 105 heavy (non-hydrogen) atoms. The first-order valence-corrected chi connectivity index (χ1v) is 33.7. The molecule has 0 radical (unpaired) electrons. The Morgan fingerprint density at radius 3 is 1.28 bits per heavy atom. The number of aromatic nitrogens is 10. The number of aliphatic hydroxyl groups excluding tert-OH is 3. The van der Waals surface area contributed by atoms with Crippen molar-refractivity contribution in [3.8, 4) is 51.9 Å². The summed E-state index contributed by atoms with van der Waals surface area (Å²) in [6, 6.07) is 49.7. The molecule has 8 N–H and O–H groups in total. The molecule has 0 saturated carbocycles. The van der Waals surface area contributed by atoms with E-state index >= 15 is 0 Å². The van der Waals surface area contributed by atoms with E-state index in [1.54, 1.807) is 66.3 Å². The number of hydrogen-bond acceptors (Lipinski definition) is 15. The molecule has 13 aromatic rings. The number of nitrogens with two attached hydrogens (primary N) is 1. The number of urea groups is 1. The summed E-state index contributed by atoms with van der Waals surface area (Å²) >= 11 is 0. The molecule has 26 heteroatoms. The molecular formula is C79H82F3N15O8. The van der Waals surface area contributed by atoms with E-state index in [1.807, 2.05) is 117 Å². The topological polar surface area (TPSA) is 298 Å². The fraction of sp³-hybridized carbons (Fsp3) is 0.241. The highest BCUT2D eigenvalue weighted by Crippen LogP contribution is 2.34. The average molecular weight is 1430 g/mol. The van der Waals surface area contributed by atoms with Crippen LogP contribution in [0.1, 0.15) is 87.7 Å². The van der Waals surface area contributed by atoms with E-state index < -0.39 is 17.7 Å². The van der Waals surface area contributed by atoms with E-state index in [0.29, 0.717) is 76.9 Å². The predicted molar refractivity (Wildman–Crippen MR) is 397 cm³/mol. The summed E-state index contributed by atoms with van der Waals surface area (Å²) < 4.78 is 66.7. The van der Waals surface area contributed by atoms with Gasteiger partial charge in [0.15, 0.2) is 0 Å². The van der Waals surface area contributed by atoms with Crippen molar-refractivity contribution in [2.75, 3.05) is 30.5 Å². The van der Waals surface area contributed by atoms with E-state index in [2.05, 4.69) is 77.9 Å². The van der Waals surface area contributed by atoms with Gasteiger partial charge in [-0.25, -0.2) is 27.3 Å². The number of hydrogen-bond donors (Lipinski definition) is 7. The number of carbonyl (C=O) groups excluding carboxylic acids is 2. The Morgan fingerprint density at radius 2 is 0.886 bits per heavy atom. The zero-order valence-electron chi connectivity index (χ0n) is 59.6. The van der Waals surface area contributed by atoms with Crippen molar-refractivity contribution >= 4 is 56.3 Å². The summed E-state index contributed by atoms with van der Waals surface area (Å²) in [4.78, 5) is 24.4. The normalized spacial score (nSPS) is 11.2. The van der Waals surface area contributed by atoms with Crippen molar-refractivity contribution in [1.82, 2.24) is 54.2 Å². The number of nitrogens with one attached hydrogen (secondary N) is 3.